The van der Waals surface area contributed by atoms with Crippen LogP contribution in [0.3, 0.4) is 0 Å². The van der Waals surface area contributed by atoms with Gasteiger partial charge in [0, 0.05) is 12.8 Å². The zero-order valence-corrected chi connectivity index (χ0v) is 16.4. The van der Waals surface area contributed by atoms with Crippen molar-refractivity contribution in [2.45, 2.75) is 59.2 Å². The lowest BCUT2D eigenvalue weighted by Crippen LogP contribution is -2.03. The molecule has 0 aromatic heterocycles. The number of benzene rings is 2. The molecule has 4 nitrogen and oxygen atoms in total. The second-order valence-corrected chi connectivity index (χ2v) is 6.15. The summed E-state index contributed by atoms with van der Waals surface area (Å²) in [6, 6.07) is 19.4. The van der Waals surface area contributed by atoms with Crippen LogP contribution in [0.4, 0.5) is 0 Å². The normalized spacial score (nSPS) is 9.70. The maximum absolute atomic E-state index is 11.2. The molecule has 0 spiro atoms. The molecule has 0 saturated heterocycles. The van der Waals surface area contributed by atoms with Crippen molar-refractivity contribution in [1.82, 2.24) is 0 Å². The zero-order chi connectivity index (χ0) is 19.7. The number of esters is 2. The van der Waals surface area contributed by atoms with Crippen molar-refractivity contribution < 1.29 is 19.1 Å². The average Bonchev–Trinajstić information content (AvgIpc) is 2.71. The topological polar surface area (TPSA) is 52.6 Å². The Bertz CT molecular complexity index is 638. The Kier molecular flexibility index (Phi) is 12.1. The maximum atomic E-state index is 11.2. The molecule has 0 aliphatic heterocycles. The molecule has 0 aliphatic rings. The van der Waals surface area contributed by atoms with Crippen molar-refractivity contribution in [2.75, 3.05) is 0 Å². The van der Waals surface area contributed by atoms with Gasteiger partial charge in [-0.1, -0.05) is 80.9 Å². The highest BCUT2D eigenvalue weighted by Crippen LogP contribution is 2.04. The molecule has 0 saturated carbocycles. The van der Waals surface area contributed by atoms with E-state index in [1.165, 1.54) is 0 Å². The van der Waals surface area contributed by atoms with Crippen LogP contribution in [0, 0.1) is 0 Å². The molecule has 0 N–H and O–H groups in total. The van der Waals surface area contributed by atoms with E-state index in [1.54, 1.807) is 0 Å². The van der Waals surface area contributed by atoms with Crippen LogP contribution in [0.5, 0.6) is 0 Å². The first-order chi connectivity index (χ1) is 13.2. The number of hydrogen-bond donors (Lipinski definition) is 0. The van der Waals surface area contributed by atoms with E-state index in [1.807, 2.05) is 67.6 Å². The molecule has 27 heavy (non-hydrogen) atoms. The molecule has 0 fully saturated rings. The van der Waals surface area contributed by atoms with Crippen molar-refractivity contribution in [3.63, 3.8) is 0 Å². The van der Waals surface area contributed by atoms with E-state index in [4.69, 9.17) is 9.47 Å². The van der Waals surface area contributed by atoms with Crippen molar-refractivity contribution in [3.05, 3.63) is 71.8 Å². The van der Waals surface area contributed by atoms with Gasteiger partial charge in [0.05, 0.1) is 0 Å². The smallest absolute Gasteiger partial charge is 0.306 e. The minimum absolute atomic E-state index is 0.101. The Hall–Kier alpha value is -2.62. The van der Waals surface area contributed by atoms with Gasteiger partial charge in [-0.3, -0.25) is 9.59 Å². The molecular formula is C23H30O4. The van der Waals surface area contributed by atoms with Crippen LogP contribution in [0.15, 0.2) is 60.7 Å². The minimum Gasteiger partial charge on any atom is -0.461 e. The van der Waals surface area contributed by atoms with Crippen LogP contribution in [-0.2, 0) is 32.3 Å². The van der Waals surface area contributed by atoms with Gasteiger partial charge in [-0.15, -0.1) is 0 Å². The van der Waals surface area contributed by atoms with Gasteiger partial charge in [0.2, 0.25) is 0 Å². The van der Waals surface area contributed by atoms with Crippen LogP contribution in [0.2, 0.25) is 0 Å². The number of unbranched alkanes of at least 4 members (excludes halogenated alkanes) is 1. The monoisotopic (exact) mass is 370 g/mol. The van der Waals surface area contributed by atoms with Crippen molar-refractivity contribution in [3.8, 4) is 0 Å². The van der Waals surface area contributed by atoms with Gasteiger partial charge in [-0.25, -0.2) is 0 Å². The molecule has 0 amide bonds. The number of hydrogen-bond acceptors (Lipinski definition) is 4. The van der Waals surface area contributed by atoms with E-state index >= 15 is 0 Å². The lowest BCUT2D eigenvalue weighted by atomic mass is 10.2. The summed E-state index contributed by atoms with van der Waals surface area (Å²) in [6.45, 7) is 4.80. The number of carbonyl (C=O) groups is 2. The summed E-state index contributed by atoms with van der Waals surface area (Å²) in [6.07, 6.45) is 3.82. The van der Waals surface area contributed by atoms with Gasteiger partial charge >= 0.3 is 11.9 Å². The summed E-state index contributed by atoms with van der Waals surface area (Å²) in [4.78, 5) is 22.1. The zero-order valence-electron chi connectivity index (χ0n) is 16.4. The predicted molar refractivity (Wildman–Crippen MR) is 107 cm³/mol. The first-order valence-corrected chi connectivity index (χ1v) is 9.54. The van der Waals surface area contributed by atoms with Gasteiger partial charge in [0.1, 0.15) is 13.2 Å². The molecule has 0 heterocycles. The summed E-state index contributed by atoms with van der Waals surface area (Å²) in [5.41, 5.74) is 2.07. The Morgan fingerprint density at radius 1 is 0.667 bits per heavy atom. The molecule has 0 aliphatic carbocycles. The van der Waals surface area contributed by atoms with Crippen LogP contribution in [-0.4, -0.2) is 11.9 Å². The third-order valence-corrected chi connectivity index (χ3v) is 3.67. The SMILES string of the molecule is CCCC(=O)OCc1ccccc1.CCCCC(=O)OCc1ccccc1. The summed E-state index contributed by atoms with van der Waals surface area (Å²) >= 11 is 0. The van der Waals surface area contributed by atoms with Crippen LogP contribution in [0.1, 0.15) is 57.1 Å². The Morgan fingerprint density at radius 2 is 1.11 bits per heavy atom. The second-order valence-electron chi connectivity index (χ2n) is 6.15. The summed E-state index contributed by atoms with van der Waals surface area (Å²) in [5, 5.41) is 0. The fraction of sp³-hybridized carbons (Fsp3) is 0.391. The number of carbonyl (C=O) groups excluding carboxylic acids is 2. The van der Waals surface area contributed by atoms with Gasteiger partial charge in [-0.2, -0.15) is 0 Å². The van der Waals surface area contributed by atoms with Crippen molar-refractivity contribution >= 4 is 11.9 Å². The quantitative estimate of drug-likeness (QED) is 0.551. The largest absolute Gasteiger partial charge is 0.461 e. The molecule has 2 aromatic rings. The maximum Gasteiger partial charge on any atom is 0.306 e. The van der Waals surface area contributed by atoms with E-state index in [9.17, 15) is 9.59 Å². The first-order valence-electron chi connectivity index (χ1n) is 9.54. The van der Waals surface area contributed by atoms with Gasteiger partial charge < -0.3 is 9.47 Å². The molecule has 2 aromatic carbocycles. The van der Waals surface area contributed by atoms with Crippen LogP contribution in [0.25, 0.3) is 0 Å². The highest BCUT2D eigenvalue weighted by molar-refractivity contribution is 5.69. The third-order valence-electron chi connectivity index (χ3n) is 3.67. The van der Waals surface area contributed by atoms with E-state index in [0.29, 0.717) is 26.1 Å². The van der Waals surface area contributed by atoms with E-state index < -0.39 is 0 Å². The molecular weight excluding hydrogens is 340 g/mol. The first kappa shape index (κ1) is 22.4. The fourth-order valence-electron chi connectivity index (χ4n) is 2.15. The van der Waals surface area contributed by atoms with E-state index in [-0.39, 0.29) is 11.9 Å². The van der Waals surface area contributed by atoms with E-state index in [0.717, 1.165) is 30.4 Å². The highest BCUT2D eigenvalue weighted by atomic mass is 16.5. The third kappa shape index (κ3) is 11.6. The Balaban J connectivity index is 0.000000271. The lowest BCUT2D eigenvalue weighted by molar-refractivity contribution is -0.145. The van der Waals surface area contributed by atoms with Gasteiger partial charge in [0.15, 0.2) is 0 Å². The average molecular weight is 370 g/mol. The van der Waals surface area contributed by atoms with Gasteiger partial charge in [0.25, 0.3) is 0 Å². The fourth-order valence-corrected chi connectivity index (χ4v) is 2.15. The number of rotatable bonds is 9. The molecule has 0 radical (unpaired) electrons. The Morgan fingerprint density at radius 3 is 1.52 bits per heavy atom. The lowest BCUT2D eigenvalue weighted by Gasteiger charge is -2.03. The van der Waals surface area contributed by atoms with Crippen LogP contribution < -0.4 is 0 Å². The number of ether oxygens (including phenoxy) is 2. The molecule has 0 unspecified atom stereocenters. The Labute approximate surface area is 162 Å². The molecule has 146 valence electrons. The van der Waals surface area contributed by atoms with Gasteiger partial charge in [-0.05, 0) is 24.0 Å². The molecule has 4 heteroatoms. The molecule has 0 atom stereocenters. The highest BCUT2D eigenvalue weighted by Gasteiger charge is 2.01. The molecule has 0 bridgehead atoms. The predicted octanol–water partition coefficient (Wildman–Crippen LogP) is 5.45. The van der Waals surface area contributed by atoms with Crippen LogP contribution >= 0.6 is 0 Å². The van der Waals surface area contributed by atoms with Crippen molar-refractivity contribution in [2.24, 2.45) is 0 Å². The summed E-state index contributed by atoms with van der Waals surface area (Å²) in [5.74, 6) is -0.220. The summed E-state index contributed by atoms with van der Waals surface area (Å²) < 4.78 is 10.1. The van der Waals surface area contributed by atoms with E-state index in [2.05, 4.69) is 6.92 Å². The second kappa shape index (κ2) is 14.5. The standard InChI is InChI=1S/C12H16O2.C11H14O2/c1-2-3-9-12(13)14-10-11-7-5-4-6-8-11;1-2-6-11(12)13-9-10-7-4-3-5-8-10/h4-8H,2-3,9-10H2,1H3;3-5,7-8H,2,6,9H2,1H3. The van der Waals surface area contributed by atoms with Crippen molar-refractivity contribution in [1.29, 1.82) is 0 Å². The summed E-state index contributed by atoms with van der Waals surface area (Å²) in [7, 11) is 0. The molecule has 2 rings (SSSR count). The minimum atomic E-state index is -0.119.